The van der Waals surface area contributed by atoms with Crippen molar-refractivity contribution in [3.8, 4) is 5.75 Å². The van der Waals surface area contributed by atoms with Crippen molar-refractivity contribution in [3.63, 3.8) is 0 Å². The van der Waals surface area contributed by atoms with E-state index in [-0.39, 0.29) is 0 Å². The quantitative estimate of drug-likeness (QED) is 0.835. The number of nitrogens with zero attached hydrogens (tertiary/aromatic N) is 2. The molecule has 1 aromatic heterocycles. The van der Waals surface area contributed by atoms with Crippen molar-refractivity contribution in [1.82, 2.24) is 9.55 Å². The third-order valence-electron chi connectivity index (χ3n) is 2.64. The van der Waals surface area contributed by atoms with Crippen LogP contribution in [0.1, 0.15) is 11.4 Å². The second-order valence-electron chi connectivity index (χ2n) is 3.91. The van der Waals surface area contributed by atoms with E-state index in [4.69, 9.17) is 22.7 Å². The van der Waals surface area contributed by atoms with E-state index in [1.807, 2.05) is 42.0 Å². The number of imidazole rings is 1. The number of hydrogen-bond acceptors (Lipinski definition) is 3. The zero-order chi connectivity index (χ0) is 13.0. The Kier molecular flexibility index (Phi) is 3.94. The van der Waals surface area contributed by atoms with Crippen LogP contribution in [0.15, 0.2) is 36.7 Å². The average Bonchev–Trinajstić information content (AvgIpc) is 2.76. The molecule has 2 rings (SSSR count). The summed E-state index contributed by atoms with van der Waals surface area (Å²) in [6.45, 7) is 3.31. The Morgan fingerprint density at radius 2 is 2.33 bits per heavy atom. The maximum absolute atomic E-state index is 5.66. The molecule has 2 N–H and O–H groups in total. The highest BCUT2D eigenvalue weighted by Gasteiger charge is 2.00. The molecular formula is C13H15N3OS. The van der Waals surface area contributed by atoms with Crippen LogP contribution in [0.4, 0.5) is 0 Å². The summed E-state index contributed by atoms with van der Waals surface area (Å²) < 4.78 is 7.70. The van der Waals surface area contributed by atoms with Gasteiger partial charge >= 0.3 is 0 Å². The fraction of sp³-hybridized carbons (Fsp3) is 0.231. The van der Waals surface area contributed by atoms with Crippen molar-refractivity contribution in [2.75, 3.05) is 6.61 Å². The van der Waals surface area contributed by atoms with Crippen LogP contribution in [0, 0.1) is 6.92 Å². The summed E-state index contributed by atoms with van der Waals surface area (Å²) >= 11 is 4.93. The van der Waals surface area contributed by atoms with Crippen LogP contribution in [0.3, 0.4) is 0 Å². The lowest BCUT2D eigenvalue weighted by molar-refractivity contribution is 0.297. The minimum Gasteiger partial charge on any atom is -0.492 e. The summed E-state index contributed by atoms with van der Waals surface area (Å²) in [5.41, 5.74) is 6.39. The van der Waals surface area contributed by atoms with E-state index in [0.717, 1.165) is 23.7 Å². The lowest BCUT2D eigenvalue weighted by Gasteiger charge is -2.09. The Labute approximate surface area is 111 Å². The van der Waals surface area contributed by atoms with E-state index in [2.05, 4.69) is 4.98 Å². The van der Waals surface area contributed by atoms with Gasteiger partial charge in [-0.05, 0) is 19.1 Å². The molecule has 18 heavy (non-hydrogen) atoms. The molecule has 1 heterocycles. The smallest absolute Gasteiger partial charge is 0.120 e. The van der Waals surface area contributed by atoms with Gasteiger partial charge in [-0.3, -0.25) is 0 Å². The van der Waals surface area contributed by atoms with Gasteiger partial charge in [-0.25, -0.2) is 4.98 Å². The topological polar surface area (TPSA) is 53.1 Å². The molecule has 0 aliphatic heterocycles. The molecule has 2 aromatic rings. The molecule has 0 amide bonds. The molecule has 0 saturated heterocycles. The van der Waals surface area contributed by atoms with E-state index in [9.17, 15) is 0 Å². The number of hydrogen-bond donors (Lipinski definition) is 1. The Balaban J connectivity index is 1.92. The van der Waals surface area contributed by atoms with Crippen molar-refractivity contribution < 1.29 is 4.74 Å². The number of rotatable bonds is 5. The van der Waals surface area contributed by atoms with E-state index >= 15 is 0 Å². The van der Waals surface area contributed by atoms with Crippen LogP contribution in [-0.2, 0) is 6.54 Å². The highest BCUT2D eigenvalue weighted by Crippen LogP contribution is 2.13. The van der Waals surface area contributed by atoms with Crippen LogP contribution in [0.2, 0.25) is 0 Å². The lowest BCUT2D eigenvalue weighted by Crippen LogP contribution is -2.11. The zero-order valence-electron chi connectivity index (χ0n) is 10.2. The SMILES string of the molecule is Cc1nccn1CCOc1cccc(C(N)=S)c1. The van der Waals surface area contributed by atoms with E-state index in [0.29, 0.717) is 11.6 Å². The number of thiocarbonyl (C=S) groups is 1. The second kappa shape index (κ2) is 5.64. The number of aromatic nitrogens is 2. The van der Waals surface area contributed by atoms with Gasteiger partial charge in [0, 0.05) is 18.0 Å². The molecule has 0 bridgehead atoms. The summed E-state index contributed by atoms with van der Waals surface area (Å²) in [7, 11) is 0. The number of nitrogens with two attached hydrogens (primary N) is 1. The van der Waals surface area contributed by atoms with Gasteiger partial charge in [0.2, 0.25) is 0 Å². The van der Waals surface area contributed by atoms with E-state index in [1.54, 1.807) is 6.20 Å². The van der Waals surface area contributed by atoms with E-state index in [1.165, 1.54) is 0 Å². The standard InChI is InChI=1S/C13H15N3OS/c1-10-15-5-6-16(10)7-8-17-12-4-2-3-11(9-12)13(14)18/h2-6,9H,7-8H2,1H3,(H2,14,18). The largest absolute Gasteiger partial charge is 0.492 e. The Hall–Kier alpha value is -1.88. The van der Waals surface area contributed by atoms with Crippen LogP contribution >= 0.6 is 12.2 Å². The van der Waals surface area contributed by atoms with Gasteiger partial charge in [0.15, 0.2) is 0 Å². The summed E-state index contributed by atoms with van der Waals surface area (Å²) in [5.74, 6) is 1.76. The molecule has 0 radical (unpaired) electrons. The predicted octanol–water partition coefficient (Wildman–Crippen LogP) is 1.90. The molecule has 94 valence electrons. The molecule has 0 unspecified atom stereocenters. The minimum atomic E-state index is 0.380. The minimum absolute atomic E-state index is 0.380. The van der Waals surface area contributed by atoms with Gasteiger partial charge < -0.3 is 15.0 Å². The number of benzene rings is 1. The first-order valence-corrected chi connectivity index (χ1v) is 6.08. The summed E-state index contributed by atoms with van der Waals surface area (Å²) in [5, 5.41) is 0. The molecule has 0 fully saturated rings. The first-order valence-electron chi connectivity index (χ1n) is 5.67. The fourth-order valence-electron chi connectivity index (χ4n) is 1.64. The van der Waals surface area contributed by atoms with Gasteiger partial charge in [0.1, 0.15) is 23.2 Å². The van der Waals surface area contributed by atoms with Gasteiger partial charge in [0.05, 0.1) is 6.54 Å². The summed E-state index contributed by atoms with van der Waals surface area (Å²) in [6.07, 6.45) is 3.72. The predicted molar refractivity (Wildman–Crippen MR) is 74.8 cm³/mol. The monoisotopic (exact) mass is 261 g/mol. The van der Waals surface area contributed by atoms with Crippen molar-refractivity contribution in [2.45, 2.75) is 13.5 Å². The van der Waals surface area contributed by atoms with Crippen molar-refractivity contribution in [1.29, 1.82) is 0 Å². The molecule has 4 nitrogen and oxygen atoms in total. The maximum Gasteiger partial charge on any atom is 0.120 e. The fourth-order valence-corrected chi connectivity index (χ4v) is 1.77. The first kappa shape index (κ1) is 12.6. The van der Waals surface area contributed by atoms with Crippen LogP contribution in [0.25, 0.3) is 0 Å². The second-order valence-corrected chi connectivity index (χ2v) is 4.35. The van der Waals surface area contributed by atoms with Gasteiger partial charge in [0.25, 0.3) is 0 Å². The van der Waals surface area contributed by atoms with Crippen LogP contribution in [0.5, 0.6) is 5.75 Å². The highest BCUT2D eigenvalue weighted by molar-refractivity contribution is 7.80. The van der Waals surface area contributed by atoms with Crippen molar-refractivity contribution >= 4 is 17.2 Å². The number of ether oxygens (including phenoxy) is 1. The zero-order valence-corrected chi connectivity index (χ0v) is 11.0. The van der Waals surface area contributed by atoms with Gasteiger partial charge in [-0.1, -0.05) is 24.4 Å². The summed E-state index contributed by atoms with van der Waals surface area (Å²) in [6, 6.07) is 7.49. The summed E-state index contributed by atoms with van der Waals surface area (Å²) in [4.78, 5) is 4.53. The lowest BCUT2D eigenvalue weighted by atomic mass is 10.2. The molecule has 5 heteroatoms. The molecule has 0 atom stereocenters. The molecule has 0 aliphatic rings. The highest BCUT2D eigenvalue weighted by atomic mass is 32.1. The van der Waals surface area contributed by atoms with E-state index < -0.39 is 0 Å². The Morgan fingerprint density at radius 3 is 3.00 bits per heavy atom. The Morgan fingerprint density at radius 1 is 1.50 bits per heavy atom. The van der Waals surface area contributed by atoms with Crippen LogP contribution in [-0.4, -0.2) is 21.1 Å². The molecule has 0 saturated carbocycles. The van der Waals surface area contributed by atoms with Crippen molar-refractivity contribution in [2.24, 2.45) is 5.73 Å². The molecule has 0 aliphatic carbocycles. The molecule has 1 aromatic carbocycles. The van der Waals surface area contributed by atoms with Crippen molar-refractivity contribution in [3.05, 3.63) is 48.0 Å². The van der Waals surface area contributed by atoms with Gasteiger partial charge in [-0.2, -0.15) is 0 Å². The average molecular weight is 261 g/mol. The third-order valence-corrected chi connectivity index (χ3v) is 2.88. The Bertz CT molecular complexity index is 551. The normalized spacial score (nSPS) is 10.3. The van der Waals surface area contributed by atoms with Crippen LogP contribution < -0.4 is 10.5 Å². The molecular weight excluding hydrogens is 246 g/mol. The first-order chi connectivity index (χ1) is 8.66. The third kappa shape index (κ3) is 3.07. The van der Waals surface area contributed by atoms with Gasteiger partial charge in [-0.15, -0.1) is 0 Å². The maximum atomic E-state index is 5.66. The number of aryl methyl sites for hydroxylation is 1. The molecule has 0 spiro atoms.